The van der Waals surface area contributed by atoms with Crippen molar-refractivity contribution in [2.75, 3.05) is 24.5 Å². The van der Waals surface area contributed by atoms with Crippen LogP contribution in [0.25, 0.3) is 27.5 Å². The number of rotatable bonds is 3. The minimum atomic E-state index is -0.261. The van der Waals surface area contributed by atoms with Crippen LogP contribution in [0.3, 0.4) is 0 Å². The highest BCUT2D eigenvalue weighted by molar-refractivity contribution is 7.20. The highest BCUT2D eigenvalue weighted by Crippen LogP contribution is 2.36. The van der Waals surface area contributed by atoms with E-state index in [1.165, 1.54) is 12.1 Å². The average molecular weight is 394 g/mol. The van der Waals surface area contributed by atoms with E-state index in [1.54, 1.807) is 35.9 Å². The fraction of sp³-hybridized carbons (Fsp3) is 0.250. The number of nitrogens with one attached hydrogen (secondary N) is 1. The summed E-state index contributed by atoms with van der Waals surface area (Å²) in [6.07, 6.45) is 3.52. The summed E-state index contributed by atoms with van der Waals surface area (Å²) < 4.78 is 15.3. The molecule has 4 aromatic rings. The molecule has 8 heteroatoms. The largest absolute Gasteiger partial charge is 0.344 e. The summed E-state index contributed by atoms with van der Waals surface area (Å²) in [5, 5.41) is 9.31. The van der Waals surface area contributed by atoms with Gasteiger partial charge in [-0.2, -0.15) is 0 Å². The van der Waals surface area contributed by atoms with Crippen LogP contribution < -0.4 is 10.2 Å². The van der Waals surface area contributed by atoms with E-state index in [9.17, 15) is 4.39 Å². The summed E-state index contributed by atoms with van der Waals surface area (Å²) in [6.45, 7) is 4.98. The van der Waals surface area contributed by atoms with Gasteiger partial charge in [0.1, 0.15) is 17.2 Å². The van der Waals surface area contributed by atoms with Gasteiger partial charge in [-0.1, -0.05) is 11.3 Å². The smallest absolute Gasteiger partial charge is 0.215 e. The maximum Gasteiger partial charge on any atom is 0.215 e. The van der Waals surface area contributed by atoms with Crippen LogP contribution in [0.2, 0.25) is 0 Å². The molecule has 0 spiro atoms. The predicted octanol–water partition coefficient (Wildman–Crippen LogP) is 3.46. The Morgan fingerprint density at radius 1 is 1.11 bits per heavy atom. The van der Waals surface area contributed by atoms with Gasteiger partial charge in [-0.3, -0.25) is 4.98 Å². The summed E-state index contributed by atoms with van der Waals surface area (Å²) in [5.41, 5.74) is 3.54. The standard InChI is InChI=1S/C20H19FN6S/c1-13-12-26(11-10-23-13)20-25-27-18(15-6-8-22-9-7-15)17(24-19(27)28-20)14-2-4-16(21)5-3-14/h2-9,13,23H,10-12H2,1H3/t13-/m1/s1. The van der Waals surface area contributed by atoms with Gasteiger partial charge in [0.2, 0.25) is 10.1 Å². The second kappa shape index (κ2) is 6.96. The molecule has 3 aromatic heterocycles. The topological polar surface area (TPSA) is 58.4 Å². The molecule has 0 amide bonds. The first-order valence-corrected chi connectivity index (χ1v) is 10.0. The molecule has 0 aliphatic carbocycles. The van der Waals surface area contributed by atoms with Gasteiger partial charge in [-0.25, -0.2) is 13.9 Å². The Balaban J connectivity index is 1.66. The van der Waals surface area contributed by atoms with E-state index in [4.69, 9.17) is 10.1 Å². The number of imidazole rings is 1. The van der Waals surface area contributed by atoms with Crippen LogP contribution in [0.5, 0.6) is 0 Å². The van der Waals surface area contributed by atoms with Crippen LogP contribution in [0, 0.1) is 5.82 Å². The molecular weight excluding hydrogens is 375 g/mol. The predicted molar refractivity (Wildman–Crippen MR) is 109 cm³/mol. The molecule has 1 N–H and O–H groups in total. The molecule has 0 radical (unpaired) electrons. The van der Waals surface area contributed by atoms with Crippen molar-refractivity contribution >= 4 is 21.4 Å². The Hall–Kier alpha value is -2.84. The van der Waals surface area contributed by atoms with Gasteiger partial charge in [-0.15, -0.1) is 5.10 Å². The van der Waals surface area contributed by atoms with Crippen molar-refractivity contribution in [3.8, 4) is 22.5 Å². The molecule has 5 rings (SSSR count). The van der Waals surface area contributed by atoms with Gasteiger partial charge in [0, 0.05) is 49.2 Å². The quantitative estimate of drug-likeness (QED) is 0.577. The molecule has 6 nitrogen and oxygen atoms in total. The number of benzene rings is 1. The number of halogens is 1. The molecule has 1 aliphatic rings. The fourth-order valence-electron chi connectivity index (χ4n) is 3.55. The molecular formula is C20H19FN6S. The van der Waals surface area contributed by atoms with Crippen LogP contribution >= 0.6 is 11.3 Å². The zero-order valence-corrected chi connectivity index (χ0v) is 16.2. The molecule has 0 saturated carbocycles. The molecule has 0 unspecified atom stereocenters. The Morgan fingerprint density at radius 2 is 1.89 bits per heavy atom. The average Bonchev–Trinajstić information content (AvgIpc) is 3.27. The van der Waals surface area contributed by atoms with Gasteiger partial charge in [0.15, 0.2) is 0 Å². The SMILES string of the molecule is C[C@@H]1CN(c2nn3c(-c4ccncc4)c(-c4ccc(F)cc4)nc3s2)CCN1. The number of nitrogens with zero attached hydrogens (tertiary/aromatic N) is 5. The zero-order valence-electron chi connectivity index (χ0n) is 15.3. The highest BCUT2D eigenvalue weighted by Gasteiger charge is 2.23. The minimum absolute atomic E-state index is 0.261. The maximum atomic E-state index is 13.4. The third kappa shape index (κ3) is 3.04. The first-order valence-electron chi connectivity index (χ1n) is 9.23. The number of anilines is 1. The molecule has 28 heavy (non-hydrogen) atoms. The Labute approximate surface area is 165 Å². The van der Waals surface area contributed by atoms with Gasteiger partial charge in [-0.05, 0) is 43.3 Å². The molecule has 1 fully saturated rings. The lowest BCUT2D eigenvalue weighted by molar-refractivity contribution is 0.483. The lowest BCUT2D eigenvalue weighted by Gasteiger charge is -2.31. The Morgan fingerprint density at radius 3 is 2.64 bits per heavy atom. The van der Waals surface area contributed by atoms with Crippen LogP contribution in [-0.4, -0.2) is 45.3 Å². The van der Waals surface area contributed by atoms with Crippen molar-refractivity contribution in [1.29, 1.82) is 0 Å². The summed E-state index contributed by atoms with van der Waals surface area (Å²) in [7, 11) is 0. The molecule has 1 atom stereocenters. The van der Waals surface area contributed by atoms with E-state index < -0.39 is 0 Å². The molecule has 1 aliphatic heterocycles. The number of pyridine rings is 1. The summed E-state index contributed by atoms with van der Waals surface area (Å²) in [5.74, 6) is -0.261. The number of hydrogen-bond acceptors (Lipinski definition) is 6. The van der Waals surface area contributed by atoms with E-state index in [0.717, 1.165) is 52.2 Å². The Kier molecular flexibility index (Phi) is 4.29. The zero-order chi connectivity index (χ0) is 19.1. The van der Waals surface area contributed by atoms with Crippen LogP contribution in [0.4, 0.5) is 9.52 Å². The van der Waals surface area contributed by atoms with E-state index in [-0.39, 0.29) is 5.82 Å². The molecule has 4 heterocycles. The van der Waals surface area contributed by atoms with Gasteiger partial charge in [0.05, 0.1) is 0 Å². The van der Waals surface area contributed by atoms with Gasteiger partial charge < -0.3 is 10.2 Å². The van der Waals surface area contributed by atoms with Crippen LogP contribution in [0.1, 0.15) is 6.92 Å². The molecule has 0 bridgehead atoms. The second-order valence-corrected chi connectivity index (χ2v) is 7.87. The van der Waals surface area contributed by atoms with Crippen molar-refractivity contribution in [3.05, 3.63) is 54.6 Å². The lowest BCUT2D eigenvalue weighted by atomic mass is 10.1. The van der Waals surface area contributed by atoms with Crippen LogP contribution in [0.15, 0.2) is 48.8 Å². The first kappa shape index (κ1) is 17.3. The molecule has 142 valence electrons. The van der Waals surface area contributed by atoms with Gasteiger partial charge >= 0.3 is 0 Å². The van der Waals surface area contributed by atoms with E-state index in [1.807, 2.05) is 16.6 Å². The second-order valence-electron chi connectivity index (χ2n) is 6.93. The van der Waals surface area contributed by atoms with Crippen molar-refractivity contribution in [2.45, 2.75) is 13.0 Å². The third-order valence-electron chi connectivity index (χ3n) is 4.90. The first-order chi connectivity index (χ1) is 13.7. The normalized spacial score (nSPS) is 17.4. The number of aromatic nitrogens is 4. The lowest BCUT2D eigenvalue weighted by Crippen LogP contribution is -2.49. The maximum absolute atomic E-state index is 13.4. The molecule has 1 saturated heterocycles. The van der Waals surface area contributed by atoms with Crippen LogP contribution in [-0.2, 0) is 0 Å². The van der Waals surface area contributed by atoms with Crippen molar-refractivity contribution in [3.63, 3.8) is 0 Å². The van der Waals surface area contributed by atoms with Crippen molar-refractivity contribution < 1.29 is 4.39 Å². The number of fused-ring (bicyclic) bond motifs is 1. The van der Waals surface area contributed by atoms with E-state index in [2.05, 4.69) is 22.1 Å². The monoisotopic (exact) mass is 394 g/mol. The van der Waals surface area contributed by atoms with E-state index in [0.29, 0.717) is 6.04 Å². The highest BCUT2D eigenvalue weighted by atomic mass is 32.1. The molecule has 1 aromatic carbocycles. The summed E-state index contributed by atoms with van der Waals surface area (Å²) >= 11 is 1.58. The third-order valence-corrected chi connectivity index (χ3v) is 5.87. The van der Waals surface area contributed by atoms with Crippen molar-refractivity contribution in [2.24, 2.45) is 0 Å². The number of piperazine rings is 1. The number of hydrogen-bond donors (Lipinski definition) is 1. The Bertz CT molecular complexity index is 1110. The minimum Gasteiger partial charge on any atom is -0.344 e. The summed E-state index contributed by atoms with van der Waals surface area (Å²) in [6, 6.07) is 10.8. The fourth-order valence-corrected chi connectivity index (χ4v) is 4.49. The van der Waals surface area contributed by atoms with Crippen molar-refractivity contribution in [1.82, 2.24) is 24.9 Å². The summed E-state index contributed by atoms with van der Waals surface area (Å²) in [4.78, 5) is 12.1. The van der Waals surface area contributed by atoms with Gasteiger partial charge in [0.25, 0.3) is 0 Å². The van der Waals surface area contributed by atoms with E-state index >= 15 is 0 Å².